The van der Waals surface area contributed by atoms with Crippen molar-refractivity contribution < 1.29 is 9.15 Å². The van der Waals surface area contributed by atoms with Crippen molar-refractivity contribution in [3.8, 4) is 5.75 Å². The first-order valence-electron chi connectivity index (χ1n) is 5.98. The van der Waals surface area contributed by atoms with Crippen molar-refractivity contribution in [2.75, 3.05) is 25.6 Å². The van der Waals surface area contributed by atoms with Crippen LogP contribution in [0.25, 0.3) is 0 Å². The van der Waals surface area contributed by atoms with Crippen molar-refractivity contribution in [2.45, 2.75) is 6.04 Å². The third-order valence-corrected chi connectivity index (χ3v) is 3.50. The molecule has 2 N–H and O–H groups in total. The highest BCUT2D eigenvalue weighted by Gasteiger charge is 2.21. The number of methoxy groups -OCH3 is 1. The normalized spacial score (nSPS) is 12.2. The van der Waals surface area contributed by atoms with E-state index in [1.807, 2.05) is 43.4 Å². The lowest BCUT2D eigenvalue weighted by Gasteiger charge is -2.28. The molecule has 0 radical (unpaired) electrons. The minimum atomic E-state index is -0.0393. The first-order chi connectivity index (χ1) is 9.17. The van der Waals surface area contributed by atoms with E-state index in [0.717, 1.165) is 17.2 Å². The fraction of sp³-hybridized carbons (Fsp3) is 0.286. The van der Waals surface area contributed by atoms with Crippen molar-refractivity contribution in [3.05, 3.63) is 46.8 Å². The van der Waals surface area contributed by atoms with Crippen LogP contribution in [0, 0.1) is 0 Å². The molecule has 0 fully saturated rings. The average molecular weight is 325 g/mol. The van der Waals surface area contributed by atoms with Gasteiger partial charge in [0.1, 0.15) is 11.5 Å². The lowest BCUT2D eigenvalue weighted by atomic mass is 10.1. The summed E-state index contributed by atoms with van der Waals surface area (Å²) in [5.74, 6) is 1.64. The summed E-state index contributed by atoms with van der Waals surface area (Å²) in [7, 11) is 3.64. The van der Waals surface area contributed by atoms with E-state index in [2.05, 4.69) is 20.8 Å². The Bertz CT molecular complexity index is 542. The highest BCUT2D eigenvalue weighted by atomic mass is 79.9. The van der Waals surface area contributed by atoms with Crippen molar-refractivity contribution >= 4 is 21.6 Å². The summed E-state index contributed by atoms with van der Waals surface area (Å²) in [6.45, 7) is 0.453. The van der Waals surface area contributed by atoms with Crippen LogP contribution in [-0.2, 0) is 0 Å². The molecule has 4 nitrogen and oxygen atoms in total. The zero-order chi connectivity index (χ0) is 13.8. The smallest absolute Gasteiger partial charge is 0.169 e. The summed E-state index contributed by atoms with van der Waals surface area (Å²) in [6, 6.07) is 11.6. The van der Waals surface area contributed by atoms with Gasteiger partial charge in [0.15, 0.2) is 4.67 Å². The van der Waals surface area contributed by atoms with E-state index in [9.17, 15) is 0 Å². The van der Waals surface area contributed by atoms with Gasteiger partial charge >= 0.3 is 0 Å². The Kier molecular flexibility index (Phi) is 4.50. The third kappa shape index (κ3) is 2.93. The molecular formula is C14H17BrN2O2. The first kappa shape index (κ1) is 14.0. The summed E-state index contributed by atoms with van der Waals surface area (Å²) < 4.78 is 11.7. The Balaban J connectivity index is 2.33. The van der Waals surface area contributed by atoms with Gasteiger partial charge < -0.3 is 19.8 Å². The fourth-order valence-electron chi connectivity index (χ4n) is 2.06. The Morgan fingerprint density at radius 1 is 1.32 bits per heavy atom. The molecule has 0 saturated carbocycles. The molecule has 0 amide bonds. The highest BCUT2D eigenvalue weighted by Crippen LogP contribution is 2.33. The number of ether oxygens (including phenoxy) is 1. The van der Waals surface area contributed by atoms with Crippen LogP contribution >= 0.6 is 15.9 Å². The van der Waals surface area contributed by atoms with E-state index in [4.69, 9.17) is 14.9 Å². The molecule has 1 heterocycles. The standard InChI is InChI=1S/C14H17BrN2O2/c1-17(10-5-3-4-6-12(10)18-2)11(9-16)13-7-8-14(15)19-13/h3-8,11H,9,16H2,1-2H3. The number of para-hydroxylation sites is 2. The van der Waals surface area contributed by atoms with Crippen LogP contribution in [0.1, 0.15) is 11.8 Å². The lowest BCUT2D eigenvalue weighted by molar-refractivity contribution is 0.409. The van der Waals surface area contributed by atoms with E-state index in [-0.39, 0.29) is 6.04 Å². The maximum atomic E-state index is 5.89. The average Bonchev–Trinajstić information content (AvgIpc) is 2.86. The second-order valence-corrected chi connectivity index (χ2v) is 4.96. The molecule has 1 aromatic heterocycles. The lowest BCUT2D eigenvalue weighted by Crippen LogP contribution is -2.30. The summed E-state index contributed by atoms with van der Waals surface area (Å²) >= 11 is 3.31. The molecule has 1 unspecified atom stereocenters. The molecule has 0 spiro atoms. The molecule has 0 saturated heterocycles. The van der Waals surface area contributed by atoms with Gasteiger partial charge in [-0.2, -0.15) is 0 Å². The van der Waals surface area contributed by atoms with Gasteiger partial charge in [-0.3, -0.25) is 0 Å². The van der Waals surface area contributed by atoms with Crippen molar-refractivity contribution in [3.63, 3.8) is 0 Å². The number of hydrogen-bond acceptors (Lipinski definition) is 4. The van der Waals surface area contributed by atoms with Gasteiger partial charge in [0, 0.05) is 13.6 Å². The number of halogens is 1. The number of furan rings is 1. The van der Waals surface area contributed by atoms with Gasteiger partial charge in [-0.05, 0) is 40.2 Å². The first-order valence-corrected chi connectivity index (χ1v) is 6.77. The largest absolute Gasteiger partial charge is 0.495 e. The monoisotopic (exact) mass is 324 g/mol. The molecule has 0 aliphatic rings. The molecular weight excluding hydrogens is 308 g/mol. The molecule has 2 aromatic rings. The van der Waals surface area contributed by atoms with Gasteiger partial charge in [0.2, 0.25) is 0 Å². The maximum absolute atomic E-state index is 5.89. The van der Waals surface area contributed by atoms with Crippen molar-refractivity contribution in [1.29, 1.82) is 0 Å². The SMILES string of the molecule is COc1ccccc1N(C)C(CN)c1ccc(Br)o1. The number of likely N-dealkylation sites (N-methyl/N-ethyl adjacent to an activating group) is 1. The molecule has 19 heavy (non-hydrogen) atoms. The van der Waals surface area contributed by atoms with Crippen LogP contribution < -0.4 is 15.4 Å². The number of anilines is 1. The van der Waals surface area contributed by atoms with Gasteiger partial charge in [0.05, 0.1) is 18.8 Å². The molecule has 2 rings (SSSR count). The van der Waals surface area contributed by atoms with Crippen LogP contribution in [0.4, 0.5) is 5.69 Å². The second-order valence-electron chi connectivity index (χ2n) is 4.18. The Hall–Kier alpha value is -1.46. The molecule has 0 bridgehead atoms. The zero-order valence-corrected chi connectivity index (χ0v) is 12.6. The van der Waals surface area contributed by atoms with E-state index >= 15 is 0 Å². The number of rotatable bonds is 5. The molecule has 1 aromatic carbocycles. The summed E-state index contributed by atoms with van der Waals surface area (Å²) in [6.07, 6.45) is 0. The Labute approximate surface area is 121 Å². The summed E-state index contributed by atoms with van der Waals surface area (Å²) in [5, 5.41) is 0. The van der Waals surface area contributed by atoms with Crippen molar-refractivity contribution in [2.24, 2.45) is 5.73 Å². The van der Waals surface area contributed by atoms with Crippen LogP contribution in [0.3, 0.4) is 0 Å². The van der Waals surface area contributed by atoms with E-state index in [1.54, 1.807) is 7.11 Å². The molecule has 0 aliphatic heterocycles. The van der Waals surface area contributed by atoms with Crippen LogP contribution in [0.15, 0.2) is 45.5 Å². The zero-order valence-electron chi connectivity index (χ0n) is 11.0. The number of nitrogens with two attached hydrogens (primary N) is 1. The summed E-state index contributed by atoms with van der Waals surface area (Å²) in [4.78, 5) is 2.06. The van der Waals surface area contributed by atoms with Gasteiger partial charge in [-0.15, -0.1) is 0 Å². The Morgan fingerprint density at radius 3 is 2.63 bits per heavy atom. The topological polar surface area (TPSA) is 51.6 Å². The van der Waals surface area contributed by atoms with E-state index in [1.165, 1.54) is 0 Å². The van der Waals surface area contributed by atoms with Crippen LogP contribution in [-0.4, -0.2) is 20.7 Å². The maximum Gasteiger partial charge on any atom is 0.169 e. The van der Waals surface area contributed by atoms with Gasteiger partial charge in [0.25, 0.3) is 0 Å². The van der Waals surface area contributed by atoms with Crippen LogP contribution in [0.2, 0.25) is 0 Å². The molecule has 1 atom stereocenters. The quantitative estimate of drug-likeness (QED) is 0.917. The second kappa shape index (κ2) is 6.12. The van der Waals surface area contributed by atoms with Crippen LogP contribution in [0.5, 0.6) is 5.75 Å². The van der Waals surface area contributed by atoms with Gasteiger partial charge in [-0.1, -0.05) is 12.1 Å². The minimum absolute atomic E-state index is 0.0393. The van der Waals surface area contributed by atoms with E-state index < -0.39 is 0 Å². The molecule has 0 aliphatic carbocycles. The predicted molar refractivity (Wildman–Crippen MR) is 79.6 cm³/mol. The third-order valence-electron chi connectivity index (χ3n) is 3.08. The number of nitrogens with zero attached hydrogens (tertiary/aromatic N) is 1. The Morgan fingerprint density at radius 2 is 2.05 bits per heavy atom. The number of benzene rings is 1. The predicted octanol–water partition coefficient (Wildman–Crippen LogP) is 3.19. The van der Waals surface area contributed by atoms with E-state index in [0.29, 0.717) is 11.2 Å². The van der Waals surface area contributed by atoms with Gasteiger partial charge in [-0.25, -0.2) is 0 Å². The van der Waals surface area contributed by atoms with Crippen molar-refractivity contribution in [1.82, 2.24) is 0 Å². The fourth-order valence-corrected chi connectivity index (χ4v) is 2.38. The highest BCUT2D eigenvalue weighted by molar-refractivity contribution is 9.10. The number of hydrogen-bond donors (Lipinski definition) is 1. The summed E-state index contributed by atoms with van der Waals surface area (Å²) in [5.41, 5.74) is 6.87. The molecule has 5 heteroatoms. The minimum Gasteiger partial charge on any atom is -0.495 e. The molecule has 102 valence electrons.